The Morgan fingerprint density at radius 2 is 1.56 bits per heavy atom. The van der Waals surface area contributed by atoms with Crippen LogP contribution < -0.4 is 5.32 Å². The van der Waals surface area contributed by atoms with E-state index in [2.05, 4.69) is 53.2 Å². The Balaban J connectivity index is 1.26. The lowest BCUT2D eigenvalue weighted by Gasteiger charge is -2.09. The second kappa shape index (κ2) is 9.16. The fraction of sp³-hybridized carbons (Fsp3) is 0.0714. The van der Waals surface area contributed by atoms with Crippen LogP contribution in [0.2, 0.25) is 0 Å². The van der Waals surface area contributed by atoms with Crippen LogP contribution in [0.3, 0.4) is 0 Å². The van der Waals surface area contributed by atoms with E-state index in [1.807, 2.05) is 54.6 Å². The summed E-state index contributed by atoms with van der Waals surface area (Å²) in [6, 6.07) is 32.7. The van der Waals surface area contributed by atoms with Crippen LogP contribution >= 0.6 is 11.3 Å². The number of nitrogens with zero attached hydrogens (tertiary/aromatic N) is 1. The first kappa shape index (κ1) is 20.2. The number of fused-ring (bicyclic) bond motifs is 1. The fourth-order valence-electron chi connectivity index (χ4n) is 3.84. The Bertz CT molecular complexity index is 1370. The molecule has 5 aromatic rings. The van der Waals surface area contributed by atoms with Crippen LogP contribution in [0.15, 0.2) is 102 Å². The summed E-state index contributed by atoms with van der Waals surface area (Å²) in [6.45, 7) is 0.494. The largest absolute Gasteiger partial charge is 0.352 e. The van der Waals surface area contributed by atoms with E-state index in [1.54, 1.807) is 11.3 Å². The quantitative estimate of drug-likeness (QED) is 0.332. The third kappa shape index (κ3) is 4.46. The third-order valence-corrected chi connectivity index (χ3v) is 6.36. The van der Waals surface area contributed by atoms with E-state index >= 15 is 0 Å². The minimum absolute atomic E-state index is 0.0207. The molecule has 0 unspecified atom stereocenters. The van der Waals surface area contributed by atoms with Gasteiger partial charge in [0.1, 0.15) is 5.01 Å². The molecule has 0 aliphatic heterocycles. The number of benzene rings is 4. The molecule has 32 heavy (non-hydrogen) atoms. The van der Waals surface area contributed by atoms with Gasteiger partial charge in [-0.15, -0.1) is 11.3 Å². The van der Waals surface area contributed by atoms with Crippen molar-refractivity contribution in [3.8, 4) is 21.8 Å². The van der Waals surface area contributed by atoms with Gasteiger partial charge >= 0.3 is 0 Å². The number of hydrogen-bond acceptors (Lipinski definition) is 3. The molecular weight excluding hydrogens is 412 g/mol. The third-order valence-electron chi connectivity index (χ3n) is 5.47. The number of thiazole rings is 1. The Hall–Kier alpha value is -3.76. The minimum atomic E-state index is 0.0207. The van der Waals surface area contributed by atoms with Crippen LogP contribution in [-0.2, 0) is 17.8 Å². The number of aromatic nitrogens is 1. The van der Waals surface area contributed by atoms with E-state index in [0.29, 0.717) is 13.0 Å². The van der Waals surface area contributed by atoms with Crippen molar-refractivity contribution in [2.75, 3.05) is 0 Å². The van der Waals surface area contributed by atoms with E-state index in [4.69, 9.17) is 4.98 Å². The lowest BCUT2D eigenvalue weighted by molar-refractivity contribution is -0.120. The monoisotopic (exact) mass is 434 g/mol. The van der Waals surface area contributed by atoms with Crippen molar-refractivity contribution in [1.29, 1.82) is 0 Å². The van der Waals surface area contributed by atoms with E-state index in [9.17, 15) is 4.79 Å². The van der Waals surface area contributed by atoms with Gasteiger partial charge in [-0.1, -0.05) is 91.0 Å². The zero-order valence-electron chi connectivity index (χ0n) is 17.5. The van der Waals surface area contributed by atoms with E-state index in [-0.39, 0.29) is 5.91 Å². The molecule has 0 radical (unpaired) electrons. The molecule has 0 fully saturated rings. The Kier molecular flexibility index (Phi) is 5.77. The first-order valence-corrected chi connectivity index (χ1v) is 11.5. The van der Waals surface area contributed by atoms with Crippen molar-refractivity contribution in [1.82, 2.24) is 10.3 Å². The van der Waals surface area contributed by atoms with Crippen molar-refractivity contribution >= 4 is 28.0 Å². The molecule has 0 saturated carbocycles. The van der Waals surface area contributed by atoms with Gasteiger partial charge in [0, 0.05) is 23.1 Å². The number of amides is 1. The molecule has 156 valence electrons. The lowest BCUT2D eigenvalue weighted by atomic mass is 10.0. The van der Waals surface area contributed by atoms with Gasteiger partial charge < -0.3 is 5.32 Å². The van der Waals surface area contributed by atoms with Gasteiger partial charge in [0.25, 0.3) is 0 Å². The van der Waals surface area contributed by atoms with Gasteiger partial charge in [0.05, 0.1) is 12.1 Å². The maximum atomic E-state index is 12.6. The van der Waals surface area contributed by atoms with Crippen LogP contribution in [0.1, 0.15) is 11.1 Å². The molecular formula is C28H22N2OS. The molecule has 1 N–H and O–H groups in total. The molecule has 0 aliphatic rings. The van der Waals surface area contributed by atoms with Gasteiger partial charge in [-0.3, -0.25) is 4.79 Å². The number of carbonyl (C=O) groups excluding carboxylic acids is 1. The normalized spacial score (nSPS) is 10.9. The summed E-state index contributed by atoms with van der Waals surface area (Å²) in [4.78, 5) is 17.4. The Morgan fingerprint density at radius 1 is 0.812 bits per heavy atom. The molecule has 0 spiro atoms. The van der Waals surface area contributed by atoms with Gasteiger partial charge in [-0.05, 0) is 28.0 Å². The molecule has 0 aliphatic carbocycles. The van der Waals surface area contributed by atoms with Gasteiger partial charge in [-0.2, -0.15) is 0 Å². The van der Waals surface area contributed by atoms with Crippen molar-refractivity contribution < 1.29 is 4.79 Å². The summed E-state index contributed by atoms with van der Waals surface area (Å²) in [5.41, 5.74) is 5.28. The average Bonchev–Trinajstić information content (AvgIpc) is 3.34. The molecule has 5 rings (SSSR count). The fourth-order valence-corrected chi connectivity index (χ4v) is 4.67. The van der Waals surface area contributed by atoms with Crippen LogP contribution in [0.5, 0.6) is 0 Å². The summed E-state index contributed by atoms with van der Waals surface area (Å²) >= 11 is 1.63. The highest BCUT2D eigenvalue weighted by molar-refractivity contribution is 7.13. The Morgan fingerprint density at radius 3 is 2.47 bits per heavy atom. The molecule has 0 bridgehead atoms. The topological polar surface area (TPSA) is 42.0 Å². The second-order valence-electron chi connectivity index (χ2n) is 7.70. The van der Waals surface area contributed by atoms with Crippen LogP contribution in [0.4, 0.5) is 0 Å². The van der Waals surface area contributed by atoms with Crippen LogP contribution in [-0.4, -0.2) is 10.9 Å². The molecule has 1 aromatic heterocycles. The summed E-state index contributed by atoms with van der Waals surface area (Å²) in [5, 5.41) is 8.42. The predicted molar refractivity (Wildman–Crippen MR) is 132 cm³/mol. The first-order valence-electron chi connectivity index (χ1n) is 10.6. The maximum absolute atomic E-state index is 12.6. The maximum Gasteiger partial charge on any atom is 0.224 e. The van der Waals surface area contributed by atoms with E-state index < -0.39 is 0 Å². The molecule has 1 amide bonds. The standard InChI is InChI=1S/C28H22N2OS/c31-27(17-23-13-7-12-21-9-4-5-15-25(21)23)29-18-20-8-6-14-24(16-20)28-30-26(19-32-28)22-10-2-1-3-11-22/h1-16,19H,17-18H2,(H,29,31). The van der Waals surface area contributed by atoms with E-state index in [1.165, 1.54) is 0 Å². The highest BCUT2D eigenvalue weighted by Gasteiger charge is 2.09. The highest BCUT2D eigenvalue weighted by Crippen LogP contribution is 2.29. The van der Waals surface area contributed by atoms with Crippen LogP contribution in [0, 0.1) is 0 Å². The number of nitrogens with one attached hydrogen (secondary N) is 1. The minimum Gasteiger partial charge on any atom is -0.352 e. The molecule has 4 heteroatoms. The summed E-state index contributed by atoms with van der Waals surface area (Å²) < 4.78 is 0. The summed E-state index contributed by atoms with van der Waals surface area (Å²) in [5.74, 6) is 0.0207. The van der Waals surface area contributed by atoms with Crippen molar-refractivity contribution in [2.24, 2.45) is 0 Å². The zero-order chi connectivity index (χ0) is 21.8. The first-order chi connectivity index (χ1) is 15.8. The van der Waals surface area contributed by atoms with Gasteiger partial charge in [0.2, 0.25) is 5.91 Å². The smallest absolute Gasteiger partial charge is 0.224 e. The second-order valence-corrected chi connectivity index (χ2v) is 8.55. The van der Waals surface area contributed by atoms with Crippen LogP contribution in [0.25, 0.3) is 32.6 Å². The number of carbonyl (C=O) groups is 1. The van der Waals surface area contributed by atoms with Crippen molar-refractivity contribution in [3.63, 3.8) is 0 Å². The Labute approximate surface area is 191 Å². The molecule has 4 aromatic carbocycles. The molecule has 3 nitrogen and oxygen atoms in total. The lowest BCUT2D eigenvalue weighted by Crippen LogP contribution is -2.24. The summed E-state index contributed by atoms with van der Waals surface area (Å²) in [6.07, 6.45) is 0.369. The molecule has 0 atom stereocenters. The summed E-state index contributed by atoms with van der Waals surface area (Å²) in [7, 11) is 0. The van der Waals surface area contributed by atoms with Crippen molar-refractivity contribution in [2.45, 2.75) is 13.0 Å². The number of hydrogen-bond donors (Lipinski definition) is 1. The number of rotatable bonds is 6. The molecule has 1 heterocycles. The predicted octanol–water partition coefficient (Wildman–Crippen LogP) is 6.49. The van der Waals surface area contributed by atoms with Gasteiger partial charge in [0.15, 0.2) is 0 Å². The average molecular weight is 435 g/mol. The highest BCUT2D eigenvalue weighted by atomic mass is 32.1. The van der Waals surface area contributed by atoms with Crippen molar-refractivity contribution in [3.05, 3.63) is 114 Å². The van der Waals surface area contributed by atoms with E-state index in [0.717, 1.165) is 43.7 Å². The van der Waals surface area contributed by atoms with Gasteiger partial charge in [-0.25, -0.2) is 4.98 Å². The zero-order valence-corrected chi connectivity index (χ0v) is 18.3. The molecule has 0 saturated heterocycles. The SMILES string of the molecule is O=C(Cc1cccc2ccccc12)NCc1cccc(-c2nc(-c3ccccc3)cs2)c1.